The molecule has 2 heterocycles. The molecule has 2 rings (SSSR count). The number of amides is 1. The lowest BCUT2D eigenvalue weighted by Crippen LogP contribution is -2.39. The molecule has 2 aromatic rings. The first-order valence-corrected chi connectivity index (χ1v) is 8.75. The lowest BCUT2D eigenvalue weighted by atomic mass is 10.4. The molecule has 0 aliphatic carbocycles. The Kier molecular flexibility index (Phi) is 6.28. The Bertz CT molecular complexity index is 487. The smallest absolute Gasteiger partial charge is 0.236 e. The molecule has 0 unspecified atom stereocenters. The largest absolute Gasteiger partial charge is 0.342 e. The lowest BCUT2D eigenvalue weighted by Gasteiger charge is -2.24. The molecule has 0 aliphatic rings. The summed E-state index contributed by atoms with van der Waals surface area (Å²) in [7, 11) is 0. The summed E-state index contributed by atoms with van der Waals surface area (Å²) in [6.07, 6.45) is 3.60. The van der Waals surface area contributed by atoms with Crippen molar-refractivity contribution in [2.24, 2.45) is 0 Å². The van der Waals surface area contributed by atoms with Crippen LogP contribution in [0.15, 0.2) is 23.2 Å². The van der Waals surface area contributed by atoms with E-state index < -0.39 is 0 Å². The van der Waals surface area contributed by atoms with Crippen LogP contribution in [0.25, 0.3) is 0 Å². The highest BCUT2D eigenvalue weighted by Crippen LogP contribution is 2.13. The first-order chi connectivity index (χ1) is 10.2. The van der Waals surface area contributed by atoms with Crippen LogP contribution in [-0.4, -0.2) is 45.3 Å². The third-order valence-corrected chi connectivity index (χ3v) is 4.69. The first-order valence-electron chi connectivity index (χ1n) is 6.99. The molecule has 21 heavy (non-hydrogen) atoms. The van der Waals surface area contributed by atoms with Gasteiger partial charge in [-0.05, 0) is 13.8 Å². The van der Waals surface area contributed by atoms with Crippen LogP contribution in [0, 0.1) is 0 Å². The second kappa shape index (κ2) is 8.21. The van der Waals surface area contributed by atoms with Gasteiger partial charge in [-0.2, -0.15) is 0 Å². The minimum Gasteiger partial charge on any atom is -0.342 e. The fourth-order valence-corrected chi connectivity index (χ4v) is 3.40. The molecule has 0 spiro atoms. The van der Waals surface area contributed by atoms with Gasteiger partial charge >= 0.3 is 0 Å². The van der Waals surface area contributed by atoms with Crippen LogP contribution in [0.1, 0.15) is 23.9 Å². The molecule has 0 atom stereocenters. The van der Waals surface area contributed by atoms with Crippen molar-refractivity contribution in [3.63, 3.8) is 0 Å². The monoisotopic (exact) mass is 324 g/mol. The minimum absolute atomic E-state index is 0.160. The summed E-state index contributed by atoms with van der Waals surface area (Å²) in [5.41, 5.74) is 0. The molecule has 0 radical (unpaired) electrons. The highest BCUT2D eigenvalue weighted by molar-refractivity contribution is 7.09. The maximum Gasteiger partial charge on any atom is 0.236 e. The molecule has 114 valence electrons. The summed E-state index contributed by atoms with van der Waals surface area (Å²) in [4.78, 5) is 24.9. The van der Waals surface area contributed by atoms with Gasteiger partial charge in [-0.1, -0.05) is 0 Å². The summed E-state index contributed by atoms with van der Waals surface area (Å²) in [6, 6.07) is 0. The number of rotatable bonds is 8. The van der Waals surface area contributed by atoms with Crippen LogP contribution in [-0.2, 0) is 17.9 Å². The zero-order chi connectivity index (χ0) is 15.1. The van der Waals surface area contributed by atoms with E-state index in [9.17, 15) is 4.79 Å². The van der Waals surface area contributed by atoms with Crippen LogP contribution in [0.5, 0.6) is 0 Å². The molecule has 1 amide bonds. The molecular formula is C14H20N4OS2. The van der Waals surface area contributed by atoms with Gasteiger partial charge in [0.1, 0.15) is 10.0 Å². The number of hydrogen-bond acceptors (Lipinski definition) is 6. The Morgan fingerprint density at radius 2 is 1.57 bits per heavy atom. The fraction of sp³-hybridized carbons (Fsp3) is 0.500. The second-order valence-electron chi connectivity index (χ2n) is 4.56. The van der Waals surface area contributed by atoms with Gasteiger partial charge in [-0.15, -0.1) is 22.7 Å². The molecule has 2 aromatic heterocycles. The molecule has 0 fully saturated rings. The zero-order valence-electron chi connectivity index (χ0n) is 12.4. The summed E-state index contributed by atoms with van der Waals surface area (Å²) in [5, 5.41) is 5.98. The lowest BCUT2D eigenvalue weighted by molar-refractivity contribution is -0.132. The van der Waals surface area contributed by atoms with Crippen molar-refractivity contribution in [1.29, 1.82) is 0 Å². The van der Waals surface area contributed by atoms with Gasteiger partial charge in [0.05, 0.1) is 19.6 Å². The summed E-state index contributed by atoms with van der Waals surface area (Å²) >= 11 is 3.23. The van der Waals surface area contributed by atoms with Crippen LogP contribution < -0.4 is 0 Å². The SMILES string of the molecule is CCN(CC)C(=O)CN(Cc1nccs1)Cc1nccs1. The predicted molar refractivity (Wildman–Crippen MR) is 86.3 cm³/mol. The quantitative estimate of drug-likeness (QED) is 0.748. The van der Waals surface area contributed by atoms with Gasteiger partial charge in [0, 0.05) is 36.2 Å². The van der Waals surface area contributed by atoms with E-state index in [1.165, 1.54) is 0 Å². The number of hydrogen-bond donors (Lipinski definition) is 0. The van der Waals surface area contributed by atoms with Crippen molar-refractivity contribution in [3.05, 3.63) is 33.2 Å². The molecular weight excluding hydrogens is 304 g/mol. The summed E-state index contributed by atoms with van der Waals surface area (Å²) in [5.74, 6) is 0.160. The van der Waals surface area contributed by atoms with Crippen LogP contribution in [0.2, 0.25) is 0 Å². The molecule has 0 aliphatic heterocycles. The molecule has 0 saturated heterocycles. The molecule has 0 aromatic carbocycles. The van der Waals surface area contributed by atoms with Crippen molar-refractivity contribution in [1.82, 2.24) is 19.8 Å². The normalized spacial score (nSPS) is 11.0. The maximum absolute atomic E-state index is 12.3. The molecule has 7 heteroatoms. The van der Waals surface area contributed by atoms with Crippen molar-refractivity contribution >= 4 is 28.6 Å². The van der Waals surface area contributed by atoms with E-state index in [1.807, 2.05) is 29.5 Å². The Balaban J connectivity index is 2.02. The maximum atomic E-state index is 12.3. The van der Waals surface area contributed by atoms with Gasteiger partial charge in [0.25, 0.3) is 0 Å². The molecule has 0 saturated carbocycles. The summed E-state index contributed by atoms with van der Waals surface area (Å²) in [6.45, 7) is 7.28. The third kappa shape index (κ3) is 4.87. The standard InChI is InChI=1S/C14H20N4OS2/c1-3-18(4-2)14(19)11-17(9-12-15-5-7-20-12)10-13-16-6-8-21-13/h5-8H,3-4,9-11H2,1-2H3. The minimum atomic E-state index is 0.160. The third-order valence-electron chi connectivity index (χ3n) is 3.16. The highest BCUT2D eigenvalue weighted by Gasteiger charge is 2.17. The number of aromatic nitrogens is 2. The van der Waals surface area contributed by atoms with Crippen LogP contribution in [0.4, 0.5) is 0 Å². The number of thiazole rings is 2. The van der Waals surface area contributed by atoms with E-state index in [0.717, 1.165) is 23.1 Å². The van der Waals surface area contributed by atoms with Crippen molar-refractivity contribution in [3.8, 4) is 0 Å². The average molecular weight is 324 g/mol. The van der Waals surface area contributed by atoms with Gasteiger partial charge in [-0.3, -0.25) is 9.69 Å². The number of nitrogens with zero attached hydrogens (tertiary/aromatic N) is 4. The van der Waals surface area contributed by atoms with E-state index in [1.54, 1.807) is 35.1 Å². The Hall–Kier alpha value is -1.31. The predicted octanol–water partition coefficient (Wildman–Crippen LogP) is 2.47. The topological polar surface area (TPSA) is 49.3 Å². The Morgan fingerprint density at radius 3 is 1.95 bits per heavy atom. The Labute approximate surface area is 133 Å². The van der Waals surface area contributed by atoms with Crippen molar-refractivity contribution in [2.75, 3.05) is 19.6 Å². The molecule has 5 nitrogen and oxygen atoms in total. The van der Waals surface area contributed by atoms with Gasteiger partial charge in [-0.25, -0.2) is 9.97 Å². The van der Waals surface area contributed by atoms with E-state index in [2.05, 4.69) is 14.9 Å². The van der Waals surface area contributed by atoms with E-state index in [0.29, 0.717) is 19.6 Å². The highest BCUT2D eigenvalue weighted by atomic mass is 32.1. The Morgan fingerprint density at radius 1 is 1.05 bits per heavy atom. The fourth-order valence-electron chi connectivity index (χ4n) is 2.08. The molecule has 0 bridgehead atoms. The number of likely N-dealkylation sites (N-methyl/N-ethyl adjacent to an activating group) is 1. The van der Waals surface area contributed by atoms with Gasteiger partial charge < -0.3 is 4.90 Å². The van der Waals surface area contributed by atoms with Crippen LogP contribution >= 0.6 is 22.7 Å². The first kappa shape index (κ1) is 16.1. The summed E-state index contributed by atoms with van der Waals surface area (Å²) < 4.78 is 0. The molecule has 0 N–H and O–H groups in total. The second-order valence-corrected chi connectivity index (χ2v) is 6.52. The van der Waals surface area contributed by atoms with Crippen molar-refractivity contribution < 1.29 is 4.79 Å². The zero-order valence-corrected chi connectivity index (χ0v) is 14.0. The number of carbonyl (C=O) groups is 1. The van der Waals surface area contributed by atoms with Gasteiger partial charge in [0.15, 0.2) is 0 Å². The van der Waals surface area contributed by atoms with Gasteiger partial charge in [0.2, 0.25) is 5.91 Å². The van der Waals surface area contributed by atoms with E-state index in [-0.39, 0.29) is 5.91 Å². The van der Waals surface area contributed by atoms with Crippen LogP contribution in [0.3, 0.4) is 0 Å². The van der Waals surface area contributed by atoms with Crippen molar-refractivity contribution in [2.45, 2.75) is 26.9 Å². The van der Waals surface area contributed by atoms with E-state index in [4.69, 9.17) is 0 Å². The number of carbonyl (C=O) groups excluding carboxylic acids is 1. The average Bonchev–Trinajstić information content (AvgIpc) is 3.13. The van der Waals surface area contributed by atoms with E-state index >= 15 is 0 Å².